The summed E-state index contributed by atoms with van der Waals surface area (Å²) in [5.41, 5.74) is 13.0. The summed E-state index contributed by atoms with van der Waals surface area (Å²) in [4.78, 5) is 19.9. The van der Waals surface area contributed by atoms with Crippen LogP contribution in [-0.4, -0.2) is 40.3 Å². The highest BCUT2D eigenvalue weighted by atomic mass is 32.1. The Morgan fingerprint density at radius 2 is 2.10 bits per heavy atom. The van der Waals surface area contributed by atoms with Gasteiger partial charge in [-0.3, -0.25) is 9.48 Å². The van der Waals surface area contributed by atoms with Crippen molar-refractivity contribution in [3.63, 3.8) is 0 Å². The molecule has 1 fully saturated rings. The molecule has 2 aliphatic rings. The molecule has 4 rings (SSSR count). The lowest BCUT2D eigenvalue weighted by Gasteiger charge is -2.33. The SMILES string of the molecule is Cn1ncc(NC(=O)c2nc(C3C=CCCCC3)sc2N)c1N1CCC(CN)CC1. The van der Waals surface area contributed by atoms with Gasteiger partial charge < -0.3 is 21.7 Å². The number of nitrogen functional groups attached to an aromatic ring is 1. The Morgan fingerprint density at radius 3 is 2.87 bits per heavy atom. The van der Waals surface area contributed by atoms with E-state index in [1.165, 1.54) is 24.2 Å². The second-order valence-electron chi connectivity index (χ2n) is 8.21. The molecule has 1 saturated heterocycles. The molecule has 2 aromatic heterocycles. The van der Waals surface area contributed by atoms with Crippen molar-refractivity contribution < 1.29 is 4.79 Å². The Kier molecular flexibility index (Phi) is 6.38. The van der Waals surface area contributed by atoms with Crippen molar-refractivity contribution in [2.45, 2.75) is 44.4 Å². The molecule has 8 nitrogen and oxygen atoms in total. The van der Waals surface area contributed by atoms with Crippen molar-refractivity contribution in [2.24, 2.45) is 18.7 Å². The highest BCUT2D eigenvalue weighted by Gasteiger charge is 2.26. The topological polar surface area (TPSA) is 115 Å². The third-order valence-electron chi connectivity index (χ3n) is 6.11. The standard InChI is InChI=1S/C21H31N7OS/c1-27-21(28-10-8-14(12-22)9-11-28)16(13-24-27)25-19(29)17-18(23)30-20(26-17)15-6-4-2-3-5-7-15/h4,6,13-15H,2-3,5,7-12,22-23H2,1H3,(H,25,29). The van der Waals surface area contributed by atoms with Crippen LogP contribution in [0.5, 0.6) is 0 Å². The number of aryl methyl sites for hydroxylation is 1. The molecular weight excluding hydrogens is 398 g/mol. The summed E-state index contributed by atoms with van der Waals surface area (Å²) in [6.07, 6.45) is 12.7. The van der Waals surface area contributed by atoms with E-state index in [1.807, 2.05) is 11.7 Å². The number of piperidine rings is 1. The van der Waals surface area contributed by atoms with Crippen LogP contribution in [0.15, 0.2) is 18.3 Å². The van der Waals surface area contributed by atoms with Crippen molar-refractivity contribution in [2.75, 3.05) is 35.6 Å². The minimum Gasteiger partial charge on any atom is -0.389 e. The molecule has 9 heteroatoms. The number of anilines is 3. The maximum Gasteiger partial charge on any atom is 0.277 e. The van der Waals surface area contributed by atoms with Crippen molar-refractivity contribution in [1.29, 1.82) is 0 Å². The van der Waals surface area contributed by atoms with Gasteiger partial charge in [0.25, 0.3) is 5.91 Å². The third kappa shape index (κ3) is 4.37. The maximum absolute atomic E-state index is 13.0. The van der Waals surface area contributed by atoms with E-state index in [1.54, 1.807) is 6.20 Å². The summed E-state index contributed by atoms with van der Waals surface area (Å²) in [5.74, 6) is 1.45. The average Bonchev–Trinajstić information content (AvgIpc) is 3.18. The van der Waals surface area contributed by atoms with E-state index in [9.17, 15) is 4.79 Å². The summed E-state index contributed by atoms with van der Waals surface area (Å²) in [5, 5.41) is 8.75. The molecule has 1 unspecified atom stereocenters. The zero-order valence-corrected chi connectivity index (χ0v) is 18.3. The van der Waals surface area contributed by atoms with Gasteiger partial charge in [-0.2, -0.15) is 5.10 Å². The summed E-state index contributed by atoms with van der Waals surface area (Å²) in [6.45, 7) is 2.53. The van der Waals surface area contributed by atoms with Crippen molar-refractivity contribution in [3.05, 3.63) is 29.1 Å². The van der Waals surface area contributed by atoms with Gasteiger partial charge in [0.2, 0.25) is 0 Å². The first-order valence-corrected chi connectivity index (χ1v) is 11.6. The average molecular weight is 430 g/mol. The van der Waals surface area contributed by atoms with Crippen LogP contribution in [0, 0.1) is 5.92 Å². The molecule has 2 aromatic rings. The van der Waals surface area contributed by atoms with Crippen LogP contribution in [0.2, 0.25) is 0 Å². The lowest BCUT2D eigenvalue weighted by Crippen LogP contribution is -2.37. The smallest absolute Gasteiger partial charge is 0.277 e. The number of hydrogen-bond acceptors (Lipinski definition) is 7. The zero-order chi connectivity index (χ0) is 21.1. The number of thiazole rings is 1. The van der Waals surface area contributed by atoms with Crippen molar-refractivity contribution >= 4 is 33.8 Å². The Hall–Kier alpha value is -2.39. The van der Waals surface area contributed by atoms with E-state index in [4.69, 9.17) is 11.5 Å². The number of nitrogens with one attached hydrogen (secondary N) is 1. The van der Waals surface area contributed by atoms with Crippen molar-refractivity contribution in [1.82, 2.24) is 14.8 Å². The van der Waals surface area contributed by atoms with Gasteiger partial charge in [-0.1, -0.05) is 18.6 Å². The Morgan fingerprint density at radius 1 is 1.30 bits per heavy atom. The molecule has 1 atom stereocenters. The van der Waals surface area contributed by atoms with Crippen LogP contribution >= 0.6 is 11.3 Å². The minimum absolute atomic E-state index is 0.249. The third-order valence-corrected chi connectivity index (χ3v) is 7.13. The largest absolute Gasteiger partial charge is 0.389 e. The molecular formula is C21H31N7OS. The number of carbonyl (C=O) groups is 1. The van der Waals surface area contributed by atoms with Gasteiger partial charge in [-0.05, 0) is 44.6 Å². The lowest BCUT2D eigenvalue weighted by molar-refractivity contribution is 0.102. The molecule has 0 saturated carbocycles. The molecule has 162 valence electrons. The molecule has 30 heavy (non-hydrogen) atoms. The van der Waals surface area contributed by atoms with E-state index in [2.05, 4.69) is 32.5 Å². The summed E-state index contributed by atoms with van der Waals surface area (Å²) in [6, 6.07) is 0. The number of hydrogen-bond donors (Lipinski definition) is 3. The lowest BCUT2D eigenvalue weighted by atomic mass is 9.97. The van der Waals surface area contributed by atoms with E-state index in [-0.39, 0.29) is 11.8 Å². The quantitative estimate of drug-likeness (QED) is 0.629. The van der Waals surface area contributed by atoms with E-state index in [0.717, 1.165) is 56.1 Å². The van der Waals surface area contributed by atoms with Crippen LogP contribution in [0.25, 0.3) is 0 Å². The monoisotopic (exact) mass is 429 g/mol. The highest BCUT2D eigenvalue weighted by molar-refractivity contribution is 7.16. The summed E-state index contributed by atoms with van der Waals surface area (Å²) < 4.78 is 1.81. The fourth-order valence-corrected chi connectivity index (χ4v) is 5.26. The molecule has 0 bridgehead atoms. The normalized spacial score (nSPS) is 20.3. The number of amides is 1. The molecule has 1 aliphatic heterocycles. The van der Waals surface area contributed by atoms with E-state index in [0.29, 0.717) is 22.3 Å². The predicted octanol–water partition coefficient (Wildman–Crippen LogP) is 3.10. The van der Waals surface area contributed by atoms with Crippen LogP contribution < -0.4 is 21.7 Å². The fraction of sp³-hybridized carbons (Fsp3) is 0.571. The summed E-state index contributed by atoms with van der Waals surface area (Å²) >= 11 is 1.42. The highest BCUT2D eigenvalue weighted by Crippen LogP contribution is 2.34. The van der Waals surface area contributed by atoms with E-state index < -0.39 is 0 Å². The molecule has 0 radical (unpaired) electrons. The molecule has 5 N–H and O–H groups in total. The maximum atomic E-state index is 13.0. The van der Waals surface area contributed by atoms with Gasteiger partial charge in [-0.15, -0.1) is 11.3 Å². The second kappa shape index (κ2) is 9.18. The Bertz CT molecular complexity index is 911. The number of rotatable bonds is 5. The zero-order valence-electron chi connectivity index (χ0n) is 17.5. The minimum atomic E-state index is -0.279. The van der Waals surface area contributed by atoms with Gasteiger partial charge >= 0.3 is 0 Å². The van der Waals surface area contributed by atoms with Gasteiger partial charge in [0.05, 0.1) is 6.20 Å². The number of nitrogens with two attached hydrogens (primary N) is 2. The van der Waals surface area contributed by atoms with Crippen LogP contribution in [0.3, 0.4) is 0 Å². The molecule has 1 aliphatic carbocycles. The molecule has 1 amide bonds. The van der Waals surface area contributed by atoms with Crippen LogP contribution in [-0.2, 0) is 7.05 Å². The van der Waals surface area contributed by atoms with Crippen LogP contribution in [0.4, 0.5) is 16.5 Å². The number of carbonyl (C=O) groups excluding carboxylic acids is 1. The predicted molar refractivity (Wildman–Crippen MR) is 122 cm³/mol. The first kappa shape index (κ1) is 20.9. The number of nitrogens with zero attached hydrogens (tertiary/aromatic N) is 4. The number of allylic oxidation sites excluding steroid dienone is 2. The number of aromatic nitrogens is 3. The van der Waals surface area contributed by atoms with E-state index >= 15 is 0 Å². The van der Waals surface area contributed by atoms with Gasteiger partial charge in [0.1, 0.15) is 15.7 Å². The van der Waals surface area contributed by atoms with Gasteiger partial charge in [0.15, 0.2) is 11.5 Å². The van der Waals surface area contributed by atoms with Gasteiger partial charge in [-0.25, -0.2) is 4.98 Å². The van der Waals surface area contributed by atoms with Crippen LogP contribution in [0.1, 0.15) is 59.9 Å². The first-order chi connectivity index (χ1) is 14.6. The van der Waals surface area contributed by atoms with Gasteiger partial charge in [0, 0.05) is 26.1 Å². The molecule has 3 heterocycles. The Labute approximate surface area is 181 Å². The summed E-state index contributed by atoms with van der Waals surface area (Å²) in [7, 11) is 1.90. The van der Waals surface area contributed by atoms with Crippen molar-refractivity contribution in [3.8, 4) is 0 Å². The molecule has 0 aromatic carbocycles. The molecule has 0 spiro atoms. The first-order valence-electron chi connectivity index (χ1n) is 10.8. The second-order valence-corrected chi connectivity index (χ2v) is 9.27. The fourth-order valence-electron chi connectivity index (χ4n) is 4.32. The Balaban J connectivity index is 1.50.